The van der Waals surface area contributed by atoms with Crippen molar-refractivity contribution in [2.75, 3.05) is 17.2 Å². The standard InChI is InChI=1S/C18H24N4O4S3.Na/c1-18(2)12(16(25)26)22-14(24)11(15(22)29-18)21-13(23)9(5-8-3-4-27-6-8)10-7-28-17(19)20-10;/h7-9,11-12,15H,3-6H2,1-2H3,(H2,19,20)(H,21,23)(H,25,26);/q;+1/p-1/t8?,9?,11-,12+,15-;/m1./s1. The maximum Gasteiger partial charge on any atom is 1.00 e. The second-order valence-corrected chi connectivity index (χ2v) is 12.0. The number of carbonyl (C=O) groups excluding carboxylic acids is 3. The number of carbonyl (C=O) groups is 3. The van der Waals surface area contributed by atoms with E-state index in [1.54, 1.807) is 19.2 Å². The number of β-lactam (4-membered cyclic amide) rings is 1. The number of rotatable bonds is 6. The van der Waals surface area contributed by atoms with Crippen molar-refractivity contribution in [1.82, 2.24) is 15.2 Å². The molecule has 12 heteroatoms. The van der Waals surface area contributed by atoms with Gasteiger partial charge in [-0.2, -0.15) is 11.8 Å². The van der Waals surface area contributed by atoms with Crippen LogP contribution in [0.15, 0.2) is 5.38 Å². The summed E-state index contributed by atoms with van der Waals surface area (Å²) in [6.45, 7) is 3.56. The van der Waals surface area contributed by atoms with E-state index in [0.717, 1.165) is 17.9 Å². The summed E-state index contributed by atoms with van der Waals surface area (Å²) < 4.78 is -0.678. The van der Waals surface area contributed by atoms with Crippen LogP contribution in [-0.2, 0) is 14.4 Å². The summed E-state index contributed by atoms with van der Waals surface area (Å²) in [7, 11) is 0. The van der Waals surface area contributed by atoms with Crippen molar-refractivity contribution in [3.05, 3.63) is 11.1 Å². The number of nitrogens with one attached hydrogen (secondary N) is 1. The first-order valence-corrected chi connectivity index (χ1v) is 12.4. The molecule has 0 spiro atoms. The number of aliphatic carboxylic acids is 1. The average Bonchev–Trinajstić information content (AvgIpc) is 3.35. The molecule has 0 aromatic carbocycles. The monoisotopic (exact) mass is 478 g/mol. The van der Waals surface area contributed by atoms with E-state index in [0.29, 0.717) is 23.2 Å². The molecule has 4 heterocycles. The van der Waals surface area contributed by atoms with Crippen LogP contribution in [0.25, 0.3) is 0 Å². The van der Waals surface area contributed by atoms with Gasteiger partial charge in [0.15, 0.2) is 5.13 Å². The van der Waals surface area contributed by atoms with Gasteiger partial charge in [0.05, 0.1) is 23.6 Å². The number of hydrogen-bond donors (Lipinski definition) is 2. The Balaban J connectivity index is 0.00000256. The van der Waals surface area contributed by atoms with Gasteiger partial charge in [-0.25, -0.2) is 4.98 Å². The number of aromatic nitrogens is 1. The third-order valence-corrected chi connectivity index (χ3v) is 9.26. The summed E-state index contributed by atoms with van der Waals surface area (Å²) in [6.07, 6.45) is 1.72. The number of carboxylic acids is 1. The third kappa shape index (κ3) is 4.38. The molecule has 2 amide bonds. The van der Waals surface area contributed by atoms with Crippen molar-refractivity contribution < 1.29 is 49.0 Å². The van der Waals surface area contributed by atoms with Crippen molar-refractivity contribution in [2.24, 2.45) is 5.92 Å². The van der Waals surface area contributed by atoms with E-state index in [-0.39, 0.29) is 41.4 Å². The smallest absolute Gasteiger partial charge is 0.548 e. The Morgan fingerprint density at radius 2 is 2.20 bits per heavy atom. The molecule has 3 fully saturated rings. The number of hydrogen-bond acceptors (Lipinski definition) is 9. The summed E-state index contributed by atoms with van der Waals surface area (Å²) >= 11 is 4.56. The van der Waals surface area contributed by atoms with Crippen LogP contribution in [0.3, 0.4) is 0 Å². The summed E-state index contributed by atoms with van der Waals surface area (Å²) in [4.78, 5) is 43.0. The predicted molar refractivity (Wildman–Crippen MR) is 112 cm³/mol. The zero-order chi connectivity index (χ0) is 20.9. The van der Waals surface area contributed by atoms with Gasteiger partial charge in [0.2, 0.25) is 11.8 Å². The van der Waals surface area contributed by atoms with Crippen LogP contribution in [0, 0.1) is 5.92 Å². The number of nitrogens with two attached hydrogens (primary N) is 1. The number of thiazole rings is 1. The molecule has 3 saturated heterocycles. The van der Waals surface area contributed by atoms with Gasteiger partial charge in [-0.15, -0.1) is 23.1 Å². The first-order valence-electron chi connectivity index (χ1n) is 9.49. The zero-order valence-electron chi connectivity index (χ0n) is 17.1. The van der Waals surface area contributed by atoms with Gasteiger partial charge in [0.25, 0.3) is 0 Å². The third-order valence-electron chi connectivity index (χ3n) is 5.77. The van der Waals surface area contributed by atoms with Crippen molar-refractivity contribution >= 4 is 57.8 Å². The van der Waals surface area contributed by atoms with E-state index in [4.69, 9.17) is 5.73 Å². The van der Waals surface area contributed by atoms with Gasteiger partial charge in [-0.3, -0.25) is 9.59 Å². The summed E-state index contributed by atoms with van der Waals surface area (Å²) in [5.74, 6) is 0.174. The summed E-state index contributed by atoms with van der Waals surface area (Å²) in [5.41, 5.74) is 6.41. The Kier molecular flexibility index (Phi) is 7.41. The van der Waals surface area contributed by atoms with E-state index in [1.165, 1.54) is 28.0 Å². The molecule has 2 unspecified atom stereocenters. The van der Waals surface area contributed by atoms with Gasteiger partial charge < -0.3 is 25.9 Å². The molecule has 5 atom stereocenters. The van der Waals surface area contributed by atoms with Crippen LogP contribution >= 0.6 is 34.9 Å². The molecule has 1 aromatic rings. The molecule has 158 valence electrons. The SMILES string of the molecule is CC1(C)S[C@@H]2[C@H](NC(=O)C(CC3CCSC3)c3csc(N)n3)C(=O)N2[C@H]1C(=O)[O-].[Na+]. The van der Waals surface area contributed by atoms with E-state index < -0.39 is 34.1 Å². The van der Waals surface area contributed by atoms with E-state index in [1.807, 2.05) is 11.8 Å². The molecule has 0 bridgehead atoms. The van der Waals surface area contributed by atoms with Crippen molar-refractivity contribution in [1.29, 1.82) is 0 Å². The Hall–Kier alpha value is -0.460. The predicted octanol–water partition coefficient (Wildman–Crippen LogP) is -2.75. The molecule has 8 nitrogen and oxygen atoms in total. The van der Waals surface area contributed by atoms with Crippen LogP contribution in [0.5, 0.6) is 0 Å². The zero-order valence-corrected chi connectivity index (χ0v) is 21.6. The first kappa shape index (κ1) is 24.2. The van der Waals surface area contributed by atoms with Gasteiger partial charge in [-0.05, 0) is 44.1 Å². The van der Waals surface area contributed by atoms with Crippen molar-refractivity contribution in [3.63, 3.8) is 0 Å². The van der Waals surface area contributed by atoms with Crippen LogP contribution in [0.1, 0.15) is 38.3 Å². The first-order chi connectivity index (χ1) is 13.7. The van der Waals surface area contributed by atoms with Crippen LogP contribution in [-0.4, -0.2) is 61.4 Å². The number of thioether (sulfide) groups is 2. The second-order valence-electron chi connectivity index (χ2n) is 8.19. The number of carboxylic acid groups (broad SMARTS) is 1. The summed E-state index contributed by atoms with van der Waals surface area (Å²) in [6, 6.07) is -1.73. The van der Waals surface area contributed by atoms with E-state index >= 15 is 0 Å². The summed E-state index contributed by atoms with van der Waals surface area (Å²) in [5, 5.41) is 16.2. The number of nitrogen functional groups attached to an aromatic ring is 1. The molecule has 0 radical (unpaired) electrons. The number of amides is 2. The quantitative estimate of drug-likeness (QED) is 0.333. The minimum absolute atomic E-state index is 0. The van der Waals surface area contributed by atoms with Gasteiger partial charge in [0.1, 0.15) is 11.4 Å². The molecular formula is C18H23N4NaO4S3. The van der Waals surface area contributed by atoms with Crippen molar-refractivity contribution in [3.8, 4) is 0 Å². The van der Waals surface area contributed by atoms with Gasteiger partial charge in [-0.1, -0.05) is 0 Å². The number of nitrogens with zero attached hydrogens (tertiary/aromatic N) is 2. The van der Waals surface area contributed by atoms with E-state index in [9.17, 15) is 19.5 Å². The molecule has 3 N–H and O–H groups in total. The fourth-order valence-corrected chi connectivity index (χ4v) is 7.85. The maximum atomic E-state index is 13.2. The molecule has 4 rings (SSSR count). The maximum absolute atomic E-state index is 13.2. The average molecular weight is 479 g/mol. The molecular weight excluding hydrogens is 455 g/mol. The fourth-order valence-electron chi connectivity index (χ4n) is 4.31. The topological polar surface area (TPSA) is 128 Å². The van der Waals surface area contributed by atoms with Crippen molar-refractivity contribution in [2.45, 2.75) is 54.8 Å². The molecule has 0 aliphatic carbocycles. The molecule has 1 aromatic heterocycles. The molecule has 3 aliphatic heterocycles. The van der Waals surface area contributed by atoms with Gasteiger partial charge >= 0.3 is 29.6 Å². The Morgan fingerprint density at radius 3 is 2.77 bits per heavy atom. The van der Waals surface area contributed by atoms with Crippen LogP contribution < -0.4 is 45.7 Å². The molecule has 3 aliphatic rings. The molecule has 0 saturated carbocycles. The largest absolute Gasteiger partial charge is 1.00 e. The van der Waals surface area contributed by atoms with E-state index in [2.05, 4.69) is 10.3 Å². The molecule has 30 heavy (non-hydrogen) atoms. The van der Waals surface area contributed by atoms with Gasteiger partial charge in [0, 0.05) is 10.1 Å². The van der Waals surface area contributed by atoms with Crippen LogP contribution in [0.2, 0.25) is 0 Å². The Morgan fingerprint density at radius 1 is 1.47 bits per heavy atom. The normalized spacial score (nSPS) is 30.2. The number of fused-ring (bicyclic) bond motifs is 1. The Bertz CT molecular complexity index is 845. The minimum Gasteiger partial charge on any atom is -0.548 e. The Labute approximate surface area is 209 Å². The fraction of sp³-hybridized carbons (Fsp3) is 0.667. The minimum atomic E-state index is -1.27. The second kappa shape index (κ2) is 9.19. The van der Waals surface area contributed by atoms with Crippen LogP contribution in [0.4, 0.5) is 5.13 Å². The number of anilines is 1.